The van der Waals surface area contributed by atoms with Gasteiger partial charge in [-0.2, -0.15) is 40.6 Å². The Labute approximate surface area is 99.9 Å². The molecule has 2 heterocycles. The first kappa shape index (κ1) is 12.0. The van der Waals surface area contributed by atoms with Gasteiger partial charge in [0.2, 0.25) is 0 Å². The zero-order chi connectivity index (χ0) is 10.7. The van der Waals surface area contributed by atoms with Gasteiger partial charge in [0.15, 0.2) is 0 Å². The van der Waals surface area contributed by atoms with Crippen LogP contribution in [-0.4, -0.2) is 66.2 Å². The number of rotatable bonds is 2. The first-order chi connectivity index (χ1) is 7.21. The molecule has 4 nitrogen and oxygen atoms in total. The number of hydrogen-bond donors (Lipinski definition) is 0. The van der Waals surface area contributed by atoms with E-state index in [0.717, 1.165) is 23.0 Å². The monoisotopic (exact) mass is 268 g/mol. The largest absolute Gasteiger partial charge is 0.282 e. The van der Waals surface area contributed by atoms with Crippen molar-refractivity contribution < 1.29 is 8.42 Å². The highest BCUT2D eigenvalue weighted by molar-refractivity contribution is 7.99. The SMILES string of the molecule is O=S(=O)(N1CCSCC1)N1CCSCC1. The molecule has 0 aromatic rings. The fourth-order valence-electron chi connectivity index (χ4n) is 1.72. The van der Waals surface area contributed by atoms with Crippen molar-refractivity contribution in [3.8, 4) is 0 Å². The van der Waals surface area contributed by atoms with Gasteiger partial charge in [-0.25, -0.2) is 0 Å². The highest BCUT2D eigenvalue weighted by Crippen LogP contribution is 2.19. The van der Waals surface area contributed by atoms with E-state index in [2.05, 4.69) is 0 Å². The second-order valence-electron chi connectivity index (χ2n) is 3.53. The average molecular weight is 268 g/mol. The fourth-order valence-corrected chi connectivity index (χ4v) is 5.60. The van der Waals surface area contributed by atoms with Gasteiger partial charge >= 0.3 is 0 Å². The highest BCUT2D eigenvalue weighted by Gasteiger charge is 2.31. The third kappa shape index (κ3) is 2.82. The summed E-state index contributed by atoms with van der Waals surface area (Å²) >= 11 is 3.67. The molecule has 15 heavy (non-hydrogen) atoms. The van der Waals surface area contributed by atoms with Crippen molar-refractivity contribution >= 4 is 33.7 Å². The van der Waals surface area contributed by atoms with Crippen LogP contribution in [0.2, 0.25) is 0 Å². The first-order valence-electron chi connectivity index (χ1n) is 5.12. The summed E-state index contributed by atoms with van der Waals surface area (Å²) in [6.07, 6.45) is 0. The van der Waals surface area contributed by atoms with Crippen LogP contribution in [0.15, 0.2) is 0 Å². The Hall–Kier alpha value is 0.570. The van der Waals surface area contributed by atoms with Crippen LogP contribution in [0.25, 0.3) is 0 Å². The van der Waals surface area contributed by atoms with Crippen molar-refractivity contribution in [3.05, 3.63) is 0 Å². The summed E-state index contributed by atoms with van der Waals surface area (Å²) in [6, 6.07) is 0. The molecule has 0 aromatic heterocycles. The molecule has 0 N–H and O–H groups in total. The van der Waals surface area contributed by atoms with E-state index in [0.29, 0.717) is 26.2 Å². The fraction of sp³-hybridized carbons (Fsp3) is 1.00. The van der Waals surface area contributed by atoms with E-state index >= 15 is 0 Å². The van der Waals surface area contributed by atoms with Crippen LogP contribution in [0, 0.1) is 0 Å². The molecule has 7 heteroatoms. The maximum atomic E-state index is 12.2. The molecule has 2 aliphatic heterocycles. The summed E-state index contributed by atoms with van der Waals surface area (Å²) in [5.41, 5.74) is 0. The Morgan fingerprint density at radius 3 is 1.40 bits per heavy atom. The summed E-state index contributed by atoms with van der Waals surface area (Å²) in [7, 11) is -3.15. The van der Waals surface area contributed by atoms with Crippen molar-refractivity contribution in [3.63, 3.8) is 0 Å². The molecule has 2 saturated heterocycles. The maximum Gasteiger partial charge on any atom is 0.282 e. The summed E-state index contributed by atoms with van der Waals surface area (Å²) in [6.45, 7) is 2.71. The van der Waals surface area contributed by atoms with Gasteiger partial charge in [-0.3, -0.25) is 0 Å². The Kier molecular flexibility index (Phi) is 4.23. The van der Waals surface area contributed by atoms with E-state index in [1.54, 1.807) is 8.61 Å². The van der Waals surface area contributed by atoms with Crippen molar-refractivity contribution in [2.75, 3.05) is 49.2 Å². The van der Waals surface area contributed by atoms with E-state index < -0.39 is 10.2 Å². The lowest BCUT2D eigenvalue weighted by molar-refractivity contribution is 0.363. The van der Waals surface area contributed by atoms with Crippen LogP contribution >= 0.6 is 23.5 Å². The molecule has 2 fully saturated rings. The minimum Gasteiger partial charge on any atom is -0.195 e. The number of hydrogen-bond acceptors (Lipinski definition) is 4. The lowest BCUT2D eigenvalue weighted by Gasteiger charge is -2.33. The minimum absolute atomic E-state index is 0.677. The molecule has 0 spiro atoms. The molecule has 0 aliphatic carbocycles. The average Bonchev–Trinajstić information content (AvgIpc) is 2.31. The second kappa shape index (κ2) is 5.27. The smallest absolute Gasteiger partial charge is 0.195 e. The molecule has 2 rings (SSSR count). The normalized spacial score (nSPS) is 26.7. The van der Waals surface area contributed by atoms with Gasteiger partial charge in [-0.15, -0.1) is 0 Å². The Balaban J connectivity index is 2.03. The Morgan fingerprint density at radius 2 is 1.07 bits per heavy atom. The van der Waals surface area contributed by atoms with Crippen LogP contribution in [-0.2, 0) is 10.2 Å². The van der Waals surface area contributed by atoms with Crippen LogP contribution in [0.1, 0.15) is 0 Å². The molecule has 88 valence electrons. The molecule has 0 bridgehead atoms. The summed E-state index contributed by atoms with van der Waals surface area (Å²) in [5.74, 6) is 3.73. The molecular formula is C8H16N2O2S3. The van der Waals surface area contributed by atoms with Gasteiger partial charge in [-0.1, -0.05) is 0 Å². The quantitative estimate of drug-likeness (QED) is 0.724. The van der Waals surface area contributed by atoms with E-state index in [-0.39, 0.29) is 0 Å². The maximum absolute atomic E-state index is 12.2. The van der Waals surface area contributed by atoms with E-state index in [4.69, 9.17) is 0 Å². The molecule has 0 atom stereocenters. The topological polar surface area (TPSA) is 40.6 Å². The first-order valence-corrected chi connectivity index (χ1v) is 8.82. The van der Waals surface area contributed by atoms with Gasteiger partial charge in [0.25, 0.3) is 10.2 Å². The number of nitrogens with zero attached hydrogens (tertiary/aromatic N) is 2. The van der Waals surface area contributed by atoms with E-state index in [1.165, 1.54) is 0 Å². The van der Waals surface area contributed by atoms with Crippen LogP contribution in [0.4, 0.5) is 0 Å². The molecular weight excluding hydrogens is 252 g/mol. The van der Waals surface area contributed by atoms with Gasteiger partial charge < -0.3 is 0 Å². The van der Waals surface area contributed by atoms with Crippen molar-refractivity contribution in [2.24, 2.45) is 0 Å². The zero-order valence-corrected chi connectivity index (χ0v) is 11.0. The highest BCUT2D eigenvalue weighted by atomic mass is 32.2. The zero-order valence-electron chi connectivity index (χ0n) is 8.59. The Bertz CT molecular complexity index is 271. The summed E-state index contributed by atoms with van der Waals surface area (Å²) < 4.78 is 27.6. The van der Waals surface area contributed by atoms with Gasteiger partial charge in [-0.05, 0) is 0 Å². The van der Waals surface area contributed by atoms with Crippen LogP contribution < -0.4 is 0 Å². The molecule has 0 aromatic carbocycles. The van der Waals surface area contributed by atoms with E-state index in [1.807, 2.05) is 23.5 Å². The van der Waals surface area contributed by atoms with Crippen molar-refractivity contribution in [1.82, 2.24) is 8.61 Å². The summed E-state index contributed by atoms with van der Waals surface area (Å²) in [4.78, 5) is 0. The lowest BCUT2D eigenvalue weighted by Crippen LogP contribution is -2.49. The molecule has 0 amide bonds. The molecule has 0 radical (unpaired) electrons. The van der Waals surface area contributed by atoms with Crippen molar-refractivity contribution in [2.45, 2.75) is 0 Å². The summed E-state index contributed by atoms with van der Waals surface area (Å²) in [5, 5.41) is 0. The van der Waals surface area contributed by atoms with Gasteiger partial charge in [0.1, 0.15) is 0 Å². The standard InChI is InChI=1S/C8H16N2O2S3/c11-15(12,9-1-5-13-6-2-9)10-3-7-14-8-4-10/h1-8H2. The third-order valence-electron chi connectivity index (χ3n) is 2.59. The molecule has 0 unspecified atom stereocenters. The minimum atomic E-state index is -3.15. The van der Waals surface area contributed by atoms with Crippen molar-refractivity contribution in [1.29, 1.82) is 0 Å². The molecule has 2 aliphatic rings. The van der Waals surface area contributed by atoms with Crippen LogP contribution in [0.5, 0.6) is 0 Å². The second-order valence-corrected chi connectivity index (χ2v) is 7.91. The Morgan fingerprint density at radius 1 is 0.733 bits per heavy atom. The van der Waals surface area contributed by atoms with Gasteiger partial charge in [0, 0.05) is 49.2 Å². The predicted octanol–water partition coefficient (Wildman–Crippen LogP) is 0.329. The number of thioether (sulfide) groups is 2. The van der Waals surface area contributed by atoms with Gasteiger partial charge in [0.05, 0.1) is 0 Å². The van der Waals surface area contributed by atoms with Crippen LogP contribution in [0.3, 0.4) is 0 Å². The predicted molar refractivity (Wildman–Crippen MR) is 66.7 cm³/mol. The van der Waals surface area contributed by atoms with E-state index in [9.17, 15) is 8.42 Å². The molecule has 0 saturated carbocycles. The lowest BCUT2D eigenvalue weighted by atomic mass is 10.6. The third-order valence-corrected chi connectivity index (χ3v) is 6.51.